The second-order valence-electron chi connectivity index (χ2n) is 2.51. The molecular formula is C7H14O2. The minimum absolute atomic E-state index is 0.583. The van der Waals surface area contributed by atoms with Crippen LogP contribution in [0.15, 0.2) is 0 Å². The molecule has 2 unspecified atom stereocenters. The van der Waals surface area contributed by atoms with Crippen molar-refractivity contribution in [3.05, 3.63) is 0 Å². The number of hydrogen-bond donors (Lipinski definition) is 0. The molecule has 2 saturated heterocycles. The highest BCUT2D eigenvalue weighted by Crippen LogP contribution is 2.10. The van der Waals surface area contributed by atoms with Gasteiger partial charge in [-0.2, -0.15) is 0 Å². The van der Waals surface area contributed by atoms with E-state index in [2.05, 4.69) is 13.8 Å². The van der Waals surface area contributed by atoms with Crippen molar-refractivity contribution in [2.24, 2.45) is 0 Å². The highest BCUT2D eigenvalue weighted by molar-refractivity contribution is 4.64. The summed E-state index contributed by atoms with van der Waals surface area (Å²) in [5, 5.41) is 0. The minimum Gasteiger partial charge on any atom is -0.373 e. The molecule has 2 aliphatic heterocycles. The van der Waals surface area contributed by atoms with E-state index in [1.165, 1.54) is 6.42 Å². The van der Waals surface area contributed by atoms with Gasteiger partial charge in [0.15, 0.2) is 0 Å². The van der Waals surface area contributed by atoms with Gasteiger partial charge < -0.3 is 9.47 Å². The lowest BCUT2D eigenvalue weighted by Crippen LogP contribution is -1.73. The molecule has 0 radical (unpaired) electrons. The van der Waals surface area contributed by atoms with Gasteiger partial charge in [-0.05, 0) is 13.3 Å². The third-order valence-corrected chi connectivity index (χ3v) is 1.36. The van der Waals surface area contributed by atoms with E-state index in [9.17, 15) is 0 Å². The number of rotatable bonds is 1. The average molecular weight is 130 g/mol. The van der Waals surface area contributed by atoms with Crippen LogP contribution in [0.3, 0.4) is 0 Å². The van der Waals surface area contributed by atoms with Crippen LogP contribution in [0.4, 0.5) is 0 Å². The van der Waals surface area contributed by atoms with E-state index in [1.54, 1.807) is 0 Å². The van der Waals surface area contributed by atoms with Crippen LogP contribution < -0.4 is 0 Å². The zero-order valence-electron chi connectivity index (χ0n) is 6.09. The van der Waals surface area contributed by atoms with Gasteiger partial charge in [-0.15, -0.1) is 0 Å². The molecule has 9 heavy (non-hydrogen) atoms. The maximum Gasteiger partial charge on any atom is 0.0807 e. The smallest absolute Gasteiger partial charge is 0.0807 e. The Bertz CT molecular complexity index is 75.0. The summed E-state index contributed by atoms with van der Waals surface area (Å²) in [5.41, 5.74) is 0. The quantitative estimate of drug-likeness (QED) is 0.498. The Morgan fingerprint density at radius 1 is 1.33 bits per heavy atom. The Morgan fingerprint density at radius 3 is 1.78 bits per heavy atom. The fourth-order valence-corrected chi connectivity index (χ4v) is 0.400. The average Bonchev–Trinajstić information content (AvgIpc) is 2.57. The van der Waals surface area contributed by atoms with E-state index in [0.717, 1.165) is 13.2 Å². The molecule has 0 aromatic carbocycles. The monoisotopic (exact) mass is 130 g/mol. The first kappa shape index (κ1) is 7.03. The van der Waals surface area contributed by atoms with Gasteiger partial charge in [0.25, 0.3) is 0 Å². The van der Waals surface area contributed by atoms with Gasteiger partial charge in [0.2, 0.25) is 0 Å². The Labute approximate surface area is 56.2 Å². The van der Waals surface area contributed by atoms with E-state index in [0.29, 0.717) is 12.2 Å². The summed E-state index contributed by atoms with van der Waals surface area (Å²) >= 11 is 0. The van der Waals surface area contributed by atoms with E-state index in [4.69, 9.17) is 9.47 Å². The molecule has 2 aliphatic rings. The molecule has 2 fully saturated rings. The van der Waals surface area contributed by atoms with Gasteiger partial charge in [0, 0.05) is 0 Å². The topological polar surface area (TPSA) is 25.1 Å². The van der Waals surface area contributed by atoms with E-state index >= 15 is 0 Å². The van der Waals surface area contributed by atoms with E-state index < -0.39 is 0 Å². The molecule has 54 valence electrons. The largest absolute Gasteiger partial charge is 0.373 e. The van der Waals surface area contributed by atoms with Crippen LogP contribution in [-0.4, -0.2) is 25.4 Å². The van der Waals surface area contributed by atoms with Crippen LogP contribution in [0.25, 0.3) is 0 Å². The van der Waals surface area contributed by atoms with Gasteiger partial charge in [-0.1, -0.05) is 6.92 Å². The molecule has 0 amide bonds. The molecule has 0 bridgehead atoms. The fourth-order valence-electron chi connectivity index (χ4n) is 0.400. The van der Waals surface area contributed by atoms with Crippen LogP contribution in [-0.2, 0) is 9.47 Å². The first-order chi connectivity index (χ1) is 4.33. The van der Waals surface area contributed by atoms with Crippen LogP contribution in [0.1, 0.15) is 20.3 Å². The van der Waals surface area contributed by atoms with Crippen LogP contribution in [0, 0.1) is 0 Å². The van der Waals surface area contributed by atoms with Gasteiger partial charge >= 0.3 is 0 Å². The lowest BCUT2D eigenvalue weighted by molar-refractivity contribution is 0.403. The molecule has 0 aromatic rings. The van der Waals surface area contributed by atoms with E-state index in [1.807, 2.05) is 0 Å². The summed E-state index contributed by atoms with van der Waals surface area (Å²) in [5.74, 6) is 0. The molecule has 0 aliphatic carbocycles. The third-order valence-electron chi connectivity index (χ3n) is 1.36. The van der Waals surface area contributed by atoms with Gasteiger partial charge in [0.05, 0.1) is 25.4 Å². The van der Waals surface area contributed by atoms with Crippen molar-refractivity contribution in [1.29, 1.82) is 0 Å². The summed E-state index contributed by atoms with van der Waals surface area (Å²) < 4.78 is 9.57. The molecule has 0 aromatic heterocycles. The van der Waals surface area contributed by atoms with Crippen molar-refractivity contribution >= 4 is 0 Å². The molecule has 2 heteroatoms. The Morgan fingerprint density at radius 2 is 1.78 bits per heavy atom. The van der Waals surface area contributed by atoms with E-state index in [-0.39, 0.29) is 0 Å². The number of hydrogen-bond acceptors (Lipinski definition) is 2. The fraction of sp³-hybridized carbons (Fsp3) is 1.00. The van der Waals surface area contributed by atoms with Crippen molar-refractivity contribution in [2.75, 3.05) is 13.2 Å². The van der Waals surface area contributed by atoms with Crippen LogP contribution >= 0.6 is 0 Å². The molecule has 2 rings (SSSR count). The standard InChI is InChI=1S/C4H8O.C3H6O/c1-2-4-3-5-4;1-3-2-4-3/h4H,2-3H2,1H3;3H,2H2,1H3. The van der Waals surface area contributed by atoms with Crippen molar-refractivity contribution < 1.29 is 9.47 Å². The lowest BCUT2D eigenvalue weighted by Gasteiger charge is -1.69. The van der Waals surface area contributed by atoms with Gasteiger partial charge in [-0.3, -0.25) is 0 Å². The van der Waals surface area contributed by atoms with Crippen molar-refractivity contribution in [3.8, 4) is 0 Å². The Hall–Kier alpha value is -0.0800. The zero-order valence-corrected chi connectivity index (χ0v) is 6.09. The molecule has 2 nitrogen and oxygen atoms in total. The first-order valence-electron chi connectivity index (χ1n) is 3.56. The molecule has 2 heterocycles. The molecule has 0 saturated carbocycles. The maximum atomic E-state index is 4.86. The predicted molar refractivity (Wildman–Crippen MR) is 35.4 cm³/mol. The number of ether oxygens (including phenoxy) is 2. The second kappa shape index (κ2) is 3.18. The summed E-state index contributed by atoms with van der Waals surface area (Å²) in [6.45, 7) is 6.19. The maximum absolute atomic E-state index is 4.86. The molecule has 0 N–H and O–H groups in total. The summed E-state index contributed by atoms with van der Waals surface area (Å²) in [6.07, 6.45) is 2.41. The summed E-state index contributed by atoms with van der Waals surface area (Å²) in [7, 11) is 0. The second-order valence-corrected chi connectivity index (χ2v) is 2.51. The third kappa shape index (κ3) is 4.43. The van der Waals surface area contributed by atoms with Crippen LogP contribution in [0.2, 0.25) is 0 Å². The SMILES string of the molecule is CC1CO1.CCC1CO1. The highest BCUT2D eigenvalue weighted by atomic mass is 16.6. The highest BCUT2D eigenvalue weighted by Gasteiger charge is 2.18. The van der Waals surface area contributed by atoms with Gasteiger partial charge in [0.1, 0.15) is 0 Å². The first-order valence-corrected chi connectivity index (χ1v) is 3.56. The normalized spacial score (nSPS) is 36.7. The Balaban J connectivity index is 0.0000000922. The van der Waals surface area contributed by atoms with Crippen molar-refractivity contribution in [2.45, 2.75) is 32.5 Å². The number of epoxide rings is 2. The summed E-state index contributed by atoms with van der Waals surface area (Å²) in [4.78, 5) is 0. The van der Waals surface area contributed by atoms with Crippen LogP contribution in [0.5, 0.6) is 0 Å². The zero-order chi connectivity index (χ0) is 6.69. The molecule has 0 spiro atoms. The van der Waals surface area contributed by atoms with Crippen molar-refractivity contribution in [1.82, 2.24) is 0 Å². The molecular weight excluding hydrogens is 116 g/mol. The van der Waals surface area contributed by atoms with Gasteiger partial charge in [-0.25, -0.2) is 0 Å². The lowest BCUT2D eigenvalue weighted by atomic mass is 10.4. The molecule has 2 atom stereocenters. The van der Waals surface area contributed by atoms with Crippen molar-refractivity contribution in [3.63, 3.8) is 0 Å². The predicted octanol–water partition coefficient (Wildman–Crippen LogP) is 1.20. The summed E-state index contributed by atoms with van der Waals surface area (Å²) in [6, 6.07) is 0. The Kier molecular flexibility index (Phi) is 2.49. The minimum atomic E-state index is 0.583.